The highest BCUT2D eigenvalue weighted by Gasteiger charge is 2.21. The molecule has 1 N–H and O–H groups in total. The van der Waals surface area contributed by atoms with E-state index in [-0.39, 0.29) is 25.0 Å². The molecule has 0 saturated carbocycles. The lowest BCUT2D eigenvalue weighted by molar-refractivity contribution is 0.0950. The van der Waals surface area contributed by atoms with Gasteiger partial charge < -0.3 is 5.32 Å². The number of rotatable bonds is 7. The smallest absolute Gasteiger partial charge is 0.251 e. The number of hydrogen-bond acceptors (Lipinski definition) is 3. The molecule has 5 nitrogen and oxygen atoms in total. The topological polar surface area (TPSA) is 66.5 Å². The summed E-state index contributed by atoms with van der Waals surface area (Å²) in [5, 5.41) is 2.74. The van der Waals surface area contributed by atoms with Crippen molar-refractivity contribution in [1.29, 1.82) is 0 Å². The lowest BCUT2D eigenvalue weighted by Gasteiger charge is -2.25. The molecule has 0 radical (unpaired) electrons. The van der Waals surface area contributed by atoms with E-state index >= 15 is 0 Å². The Morgan fingerprint density at radius 2 is 2.10 bits per heavy atom. The zero-order chi connectivity index (χ0) is 16.0. The van der Waals surface area contributed by atoms with E-state index < -0.39 is 10.0 Å². The maximum atomic E-state index is 12.0. The summed E-state index contributed by atoms with van der Waals surface area (Å²) in [5.41, 5.74) is 0.541. The number of hydrogen-bond donors (Lipinski definition) is 1. The van der Waals surface area contributed by atoms with Crippen LogP contribution >= 0.6 is 15.9 Å². The van der Waals surface area contributed by atoms with Gasteiger partial charge in [-0.25, -0.2) is 8.42 Å². The van der Waals surface area contributed by atoms with Gasteiger partial charge in [-0.1, -0.05) is 28.9 Å². The molecule has 0 spiro atoms. The summed E-state index contributed by atoms with van der Waals surface area (Å²) in [6, 6.07) is 6.97. The molecule has 0 bridgehead atoms. The summed E-state index contributed by atoms with van der Waals surface area (Å²) < 4.78 is 25.7. The average Bonchev–Trinajstić information content (AvgIpc) is 2.41. The predicted molar refractivity (Wildman–Crippen MR) is 87.8 cm³/mol. The van der Waals surface area contributed by atoms with Crippen molar-refractivity contribution < 1.29 is 13.2 Å². The normalized spacial score (nSPS) is 13.2. The van der Waals surface area contributed by atoms with E-state index in [0.717, 1.165) is 10.9 Å². The van der Waals surface area contributed by atoms with Crippen LogP contribution < -0.4 is 5.32 Å². The Hall–Kier alpha value is -0.920. The van der Waals surface area contributed by atoms with Crippen molar-refractivity contribution in [1.82, 2.24) is 9.62 Å². The van der Waals surface area contributed by atoms with E-state index in [1.807, 2.05) is 19.9 Å². The number of carbonyl (C=O) groups is 1. The molecule has 0 saturated heterocycles. The molecule has 118 valence electrons. The highest BCUT2D eigenvalue weighted by molar-refractivity contribution is 9.10. The van der Waals surface area contributed by atoms with Gasteiger partial charge in [0.25, 0.3) is 5.91 Å². The van der Waals surface area contributed by atoms with Gasteiger partial charge in [0.15, 0.2) is 0 Å². The summed E-state index contributed by atoms with van der Waals surface area (Å²) in [6.45, 7) is 4.34. The maximum absolute atomic E-state index is 12.0. The van der Waals surface area contributed by atoms with Crippen LogP contribution in [-0.2, 0) is 10.0 Å². The molecule has 1 rings (SSSR count). The van der Waals surface area contributed by atoms with Crippen LogP contribution in [-0.4, -0.2) is 44.0 Å². The monoisotopic (exact) mass is 376 g/mol. The van der Waals surface area contributed by atoms with E-state index in [1.54, 1.807) is 18.2 Å². The fraction of sp³-hybridized carbons (Fsp3) is 0.500. The summed E-state index contributed by atoms with van der Waals surface area (Å²) in [5.74, 6) is -0.214. The summed E-state index contributed by atoms with van der Waals surface area (Å²) in [4.78, 5) is 12.0. The molecule has 0 aliphatic rings. The van der Waals surface area contributed by atoms with Gasteiger partial charge in [0, 0.05) is 29.2 Å². The molecule has 0 aliphatic carbocycles. The molecule has 0 aliphatic heterocycles. The van der Waals surface area contributed by atoms with Crippen LogP contribution in [0, 0.1) is 0 Å². The van der Waals surface area contributed by atoms with Crippen LogP contribution in [0.3, 0.4) is 0 Å². The predicted octanol–water partition coefficient (Wildman–Crippen LogP) is 2.24. The summed E-state index contributed by atoms with van der Waals surface area (Å²) >= 11 is 3.31. The quantitative estimate of drug-likeness (QED) is 0.793. The Morgan fingerprint density at radius 3 is 2.62 bits per heavy atom. The van der Waals surface area contributed by atoms with Gasteiger partial charge in [-0.15, -0.1) is 0 Å². The first-order chi connectivity index (χ1) is 9.75. The molecule has 0 fully saturated rings. The van der Waals surface area contributed by atoms with Crippen molar-refractivity contribution in [2.75, 3.05) is 19.3 Å². The standard InChI is InChI=1S/C14H21BrN2O3S/c1-4-11(2)17(21(3,19)20)9-8-16-14(18)12-6-5-7-13(15)10-12/h5-7,10-11H,4,8-9H2,1-3H3,(H,16,18). The first-order valence-electron chi connectivity index (χ1n) is 6.76. The van der Waals surface area contributed by atoms with Crippen LogP contribution in [0.1, 0.15) is 30.6 Å². The van der Waals surface area contributed by atoms with Crippen molar-refractivity contribution in [2.45, 2.75) is 26.3 Å². The highest BCUT2D eigenvalue weighted by atomic mass is 79.9. The fourth-order valence-electron chi connectivity index (χ4n) is 1.93. The van der Waals surface area contributed by atoms with Crippen molar-refractivity contribution in [3.05, 3.63) is 34.3 Å². The molecule has 1 aromatic rings. The van der Waals surface area contributed by atoms with Gasteiger partial charge in [0.05, 0.1) is 6.26 Å². The minimum atomic E-state index is -3.27. The van der Waals surface area contributed by atoms with E-state index in [2.05, 4.69) is 21.2 Å². The highest BCUT2D eigenvalue weighted by Crippen LogP contribution is 2.11. The number of carbonyl (C=O) groups excluding carboxylic acids is 1. The minimum absolute atomic E-state index is 0.0808. The van der Waals surface area contributed by atoms with Gasteiger partial charge in [-0.2, -0.15) is 4.31 Å². The minimum Gasteiger partial charge on any atom is -0.351 e. The van der Waals surface area contributed by atoms with Crippen LogP contribution in [0.15, 0.2) is 28.7 Å². The van der Waals surface area contributed by atoms with Crippen LogP contribution in [0.4, 0.5) is 0 Å². The maximum Gasteiger partial charge on any atom is 0.251 e. The molecule has 7 heteroatoms. The zero-order valence-corrected chi connectivity index (χ0v) is 14.9. The second kappa shape index (κ2) is 7.91. The third-order valence-corrected chi connectivity index (χ3v) is 5.10. The first-order valence-corrected chi connectivity index (χ1v) is 9.40. The molecule has 0 heterocycles. The zero-order valence-electron chi connectivity index (χ0n) is 12.5. The first kappa shape index (κ1) is 18.1. The Labute approximate surface area is 134 Å². The van der Waals surface area contributed by atoms with Gasteiger partial charge in [0.1, 0.15) is 0 Å². The number of amides is 1. The number of sulfonamides is 1. The van der Waals surface area contributed by atoms with Crippen molar-refractivity contribution >= 4 is 31.9 Å². The Morgan fingerprint density at radius 1 is 1.43 bits per heavy atom. The van der Waals surface area contributed by atoms with Gasteiger partial charge >= 0.3 is 0 Å². The number of halogens is 1. The molecule has 1 aromatic carbocycles. The lowest BCUT2D eigenvalue weighted by atomic mass is 10.2. The molecule has 21 heavy (non-hydrogen) atoms. The fourth-order valence-corrected chi connectivity index (χ4v) is 3.55. The largest absolute Gasteiger partial charge is 0.351 e. The summed E-state index contributed by atoms with van der Waals surface area (Å²) in [7, 11) is -3.27. The lowest BCUT2D eigenvalue weighted by Crippen LogP contribution is -2.42. The van der Waals surface area contributed by atoms with E-state index in [0.29, 0.717) is 5.56 Å². The van der Waals surface area contributed by atoms with E-state index in [4.69, 9.17) is 0 Å². The van der Waals surface area contributed by atoms with Gasteiger partial charge in [-0.05, 0) is 31.5 Å². The summed E-state index contributed by atoms with van der Waals surface area (Å²) in [6.07, 6.45) is 1.92. The SMILES string of the molecule is CCC(C)N(CCNC(=O)c1cccc(Br)c1)S(C)(=O)=O. The molecular formula is C14H21BrN2O3S. The number of benzene rings is 1. The number of nitrogens with zero attached hydrogens (tertiary/aromatic N) is 1. The third kappa shape index (κ3) is 5.76. The molecule has 1 unspecified atom stereocenters. The molecule has 1 atom stereocenters. The molecule has 1 amide bonds. The van der Waals surface area contributed by atoms with Gasteiger partial charge in [-0.3, -0.25) is 4.79 Å². The Bertz CT molecular complexity index is 590. The van der Waals surface area contributed by atoms with Gasteiger partial charge in [0.2, 0.25) is 10.0 Å². The van der Waals surface area contributed by atoms with Crippen molar-refractivity contribution in [3.63, 3.8) is 0 Å². The average molecular weight is 377 g/mol. The van der Waals surface area contributed by atoms with Crippen molar-refractivity contribution in [2.24, 2.45) is 0 Å². The number of nitrogens with one attached hydrogen (secondary N) is 1. The Balaban J connectivity index is 2.60. The second-order valence-electron chi connectivity index (χ2n) is 4.90. The van der Waals surface area contributed by atoms with E-state index in [1.165, 1.54) is 10.6 Å². The van der Waals surface area contributed by atoms with Crippen molar-refractivity contribution in [3.8, 4) is 0 Å². The third-order valence-electron chi connectivity index (χ3n) is 3.21. The van der Waals surface area contributed by atoms with Crippen LogP contribution in [0.25, 0.3) is 0 Å². The van der Waals surface area contributed by atoms with Crippen LogP contribution in [0.2, 0.25) is 0 Å². The Kier molecular flexibility index (Phi) is 6.83. The van der Waals surface area contributed by atoms with Crippen LogP contribution in [0.5, 0.6) is 0 Å². The second-order valence-corrected chi connectivity index (χ2v) is 7.75. The van der Waals surface area contributed by atoms with E-state index in [9.17, 15) is 13.2 Å². The molecular weight excluding hydrogens is 356 g/mol. The molecule has 0 aromatic heterocycles.